The third-order valence-electron chi connectivity index (χ3n) is 6.77. The van der Waals surface area contributed by atoms with E-state index >= 15 is 0 Å². The average molecular weight is 625 g/mol. The van der Waals surface area contributed by atoms with Crippen LogP contribution in [0.1, 0.15) is 61.9 Å². The maximum atomic E-state index is 13.3. The topological polar surface area (TPSA) is 148 Å². The molecule has 3 amide bonds. The first-order chi connectivity index (χ1) is 20.8. The van der Waals surface area contributed by atoms with Gasteiger partial charge in [0.2, 0.25) is 0 Å². The van der Waals surface area contributed by atoms with Crippen molar-refractivity contribution in [2.24, 2.45) is 4.99 Å². The lowest BCUT2D eigenvalue weighted by Crippen LogP contribution is -2.38. The number of aliphatic hydroxyl groups is 1. The molecule has 1 aromatic heterocycles. The van der Waals surface area contributed by atoms with Crippen LogP contribution >= 0.6 is 11.8 Å². The molecule has 1 aliphatic heterocycles. The van der Waals surface area contributed by atoms with Crippen LogP contribution < -0.4 is 16.0 Å². The summed E-state index contributed by atoms with van der Waals surface area (Å²) in [5, 5.41) is 19.9. The predicted octanol–water partition coefficient (Wildman–Crippen LogP) is 4.97. The average Bonchev–Trinajstić information content (AvgIpc) is 3.42. The number of alkyl carbamates (subject to hydrolysis) is 1. The number of aliphatic imine (C=N–C) groups is 1. The number of nitrogens with zero attached hydrogens (tertiary/aromatic N) is 2. The Kier molecular flexibility index (Phi) is 12.2. The van der Waals surface area contributed by atoms with Crippen LogP contribution in [-0.4, -0.2) is 82.8 Å². The molecule has 0 aliphatic carbocycles. The zero-order valence-corrected chi connectivity index (χ0v) is 27.4. The number of aromatic nitrogens is 1. The largest absolute Gasteiger partial charge is 0.506 e. The number of benzene rings is 1. The van der Waals surface area contributed by atoms with Gasteiger partial charge in [-0.2, -0.15) is 0 Å². The third kappa shape index (κ3) is 9.48. The summed E-state index contributed by atoms with van der Waals surface area (Å²) in [6, 6.07) is 9.14. The maximum absolute atomic E-state index is 13.3. The Morgan fingerprint density at radius 2 is 1.64 bits per heavy atom. The van der Waals surface area contributed by atoms with Crippen molar-refractivity contribution < 1.29 is 24.2 Å². The van der Waals surface area contributed by atoms with Gasteiger partial charge < -0.3 is 35.7 Å². The quantitative estimate of drug-likeness (QED) is 0.209. The lowest BCUT2D eigenvalue weighted by atomic mass is 10.1. The minimum absolute atomic E-state index is 0.0256. The number of carbonyl (C=O) groups is 3. The van der Waals surface area contributed by atoms with Crippen molar-refractivity contribution in [3.63, 3.8) is 0 Å². The fraction of sp³-hybridized carbons (Fsp3) is 0.438. The first-order valence-electron chi connectivity index (χ1n) is 14.8. The van der Waals surface area contributed by atoms with Crippen LogP contribution in [0, 0.1) is 13.8 Å². The Balaban J connectivity index is 1.82. The van der Waals surface area contributed by atoms with E-state index in [0.717, 1.165) is 37.0 Å². The second kappa shape index (κ2) is 15.6. The van der Waals surface area contributed by atoms with Gasteiger partial charge in [0.15, 0.2) is 0 Å². The van der Waals surface area contributed by atoms with E-state index in [1.54, 1.807) is 39.0 Å². The van der Waals surface area contributed by atoms with E-state index in [9.17, 15) is 19.5 Å². The number of thioether (sulfide) groups is 1. The number of aromatic amines is 1. The van der Waals surface area contributed by atoms with E-state index in [4.69, 9.17) is 4.74 Å². The van der Waals surface area contributed by atoms with E-state index in [2.05, 4.69) is 44.7 Å². The first kappa shape index (κ1) is 34.5. The monoisotopic (exact) mass is 624 g/mol. The number of H-pyrrole nitrogens is 1. The molecule has 3 rings (SSSR count). The molecule has 1 aromatic carbocycles. The van der Waals surface area contributed by atoms with Crippen LogP contribution in [0.4, 0.5) is 10.5 Å². The van der Waals surface area contributed by atoms with Crippen molar-refractivity contribution in [2.45, 2.75) is 54.1 Å². The zero-order valence-electron chi connectivity index (χ0n) is 26.6. The lowest BCUT2D eigenvalue weighted by Gasteiger charge is -2.19. The van der Waals surface area contributed by atoms with E-state index in [0.29, 0.717) is 39.1 Å². The summed E-state index contributed by atoms with van der Waals surface area (Å²) in [6.07, 6.45) is 1.13. The van der Waals surface area contributed by atoms with Crippen LogP contribution in [0.25, 0.3) is 6.08 Å². The summed E-state index contributed by atoms with van der Waals surface area (Å²) in [7, 11) is 0. The van der Waals surface area contributed by atoms with Gasteiger partial charge in [0, 0.05) is 37.6 Å². The molecule has 0 atom stereocenters. The fourth-order valence-electron chi connectivity index (χ4n) is 4.52. The SMILES string of the molecule is CCN(CC)CCNC(=O)c1c(C)[nH]c(/C=C2/SC(=Nc3ccccc3)C(C(=O)NCCNC(=O)OC(C)(C)C)=C2O)c1C. The molecular weight excluding hydrogens is 580 g/mol. The van der Waals surface area contributed by atoms with Gasteiger partial charge in [-0.1, -0.05) is 43.8 Å². The molecule has 5 N–H and O–H groups in total. The standard InChI is InChI=1S/C32H44N6O5S/c1-8-38(9-2)18-17-34-28(40)25-20(3)23(36-21(25)4)19-24-27(39)26(30(44-24)37-22-13-11-10-12-14-22)29(41)33-15-16-35-31(42)43-32(5,6)7/h10-14,19,36,39H,8-9,15-18H2,1-7H3,(H,33,41)(H,34,40)(H,35,42)/b24-19+,37-30?. The van der Waals surface area contributed by atoms with Crippen LogP contribution in [0.15, 0.2) is 51.6 Å². The number of amides is 3. The van der Waals surface area contributed by atoms with E-state index in [1.807, 2.05) is 32.0 Å². The number of para-hydroxylation sites is 1. The summed E-state index contributed by atoms with van der Waals surface area (Å²) >= 11 is 1.16. The number of nitrogens with one attached hydrogen (secondary N) is 4. The van der Waals surface area contributed by atoms with Crippen molar-refractivity contribution in [1.29, 1.82) is 0 Å². The van der Waals surface area contributed by atoms with Gasteiger partial charge in [0.1, 0.15) is 22.0 Å². The van der Waals surface area contributed by atoms with Gasteiger partial charge in [-0.05, 0) is 71.5 Å². The van der Waals surface area contributed by atoms with Crippen molar-refractivity contribution in [3.05, 3.63) is 69.1 Å². The van der Waals surface area contributed by atoms with Crippen LogP contribution in [0.5, 0.6) is 0 Å². The number of likely N-dealkylation sites (N-methyl/N-ethyl adjacent to an activating group) is 1. The second-order valence-corrected chi connectivity index (χ2v) is 12.2. The van der Waals surface area contributed by atoms with Crippen LogP contribution in [0.2, 0.25) is 0 Å². The summed E-state index contributed by atoms with van der Waals surface area (Å²) in [6.45, 7) is 16.5. The molecule has 12 heteroatoms. The normalized spacial score (nSPS) is 15.3. The highest BCUT2D eigenvalue weighted by Crippen LogP contribution is 2.40. The van der Waals surface area contributed by atoms with Crippen molar-refractivity contribution in [3.8, 4) is 0 Å². The lowest BCUT2D eigenvalue weighted by molar-refractivity contribution is -0.117. The Labute approximate surface area is 263 Å². The predicted molar refractivity (Wildman–Crippen MR) is 176 cm³/mol. The number of ether oxygens (including phenoxy) is 1. The number of hydrogen-bond donors (Lipinski definition) is 5. The Morgan fingerprint density at radius 3 is 2.27 bits per heavy atom. The number of hydrogen-bond acceptors (Lipinski definition) is 8. The van der Waals surface area contributed by atoms with Crippen molar-refractivity contribution in [2.75, 3.05) is 39.3 Å². The molecule has 11 nitrogen and oxygen atoms in total. The summed E-state index contributed by atoms with van der Waals surface area (Å²) in [5.41, 5.74) is 2.65. The Hall–Kier alpha value is -4.03. The van der Waals surface area contributed by atoms with Gasteiger partial charge in [-0.3, -0.25) is 9.59 Å². The van der Waals surface area contributed by atoms with Gasteiger partial charge >= 0.3 is 6.09 Å². The molecule has 0 radical (unpaired) electrons. The highest BCUT2D eigenvalue weighted by Gasteiger charge is 2.32. The van der Waals surface area contributed by atoms with Crippen LogP contribution in [0.3, 0.4) is 0 Å². The maximum Gasteiger partial charge on any atom is 0.407 e. The molecule has 0 bridgehead atoms. The Morgan fingerprint density at radius 1 is 1.00 bits per heavy atom. The zero-order chi connectivity index (χ0) is 32.4. The number of carbonyl (C=O) groups excluding carboxylic acids is 3. The van der Waals surface area contributed by atoms with Gasteiger partial charge in [-0.25, -0.2) is 9.79 Å². The van der Waals surface area contributed by atoms with E-state index < -0.39 is 17.6 Å². The highest BCUT2D eigenvalue weighted by atomic mass is 32.2. The molecule has 0 unspecified atom stereocenters. The molecule has 0 fully saturated rings. The molecule has 1 aliphatic rings. The van der Waals surface area contributed by atoms with Crippen molar-refractivity contribution >= 4 is 46.5 Å². The van der Waals surface area contributed by atoms with Gasteiger partial charge in [0.25, 0.3) is 11.8 Å². The van der Waals surface area contributed by atoms with E-state index in [1.165, 1.54) is 0 Å². The molecule has 44 heavy (non-hydrogen) atoms. The number of rotatable bonds is 12. The molecule has 238 valence electrons. The van der Waals surface area contributed by atoms with Crippen molar-refractivity contribution in [1.82, 2.24) is 25.8 Å². The highest BCUT2D eigenvalue weighted by molar-refractivity contribution is 8.18. The Bertz CT molecular complexity index is 1430. The fourth-order valence-corrected chi connectivity index (χ4v) is 5.54. The minimum Gasteiger partial charge on any atom is -0.506 e. The summed E-state index contributed by atoms with van der Waals surface area (Å²) in [4.78, 5) is 48.8. The molecule has 0 spiro atoms. The first-order valence-corrected chi connectivity index (χ1v) is 15.6. The van der Waals surface area contributed by atoms with Crippen LogP contribution in [-0.2, 0) is 9.53 Å². The third-order valence-corrected chi connectivity index (χ3v) is 7.79. The van der Waals surface area contributed by atoms with E-state index in [-0.39, 0.29) is 30.3 Å². The molecule has 0 saturated carbocycles. The second-order valence-electron chi connectivity index (χ2n) is 11.2. The summed E-state index contributed by atoms with van der Waals surface area (Å²) < 4.78 is 5.22. The molecule has 0 saturated heterocycles. The molecular formula is C32H44N6O5S. The van der Waals surface area contributed by atoms with Gasteiger partial charge in [-0.15, -0.1) is 0 Å². The molecule has 2 heterocycles. The van der Waals surface area contributed by atoms with Gasteiger partial charge in [0.05, 0.1) is 16.2 Å². The number of aryl methyl sites for hydroxylation is 1. The minimum atomic E-state index is -0.637. The smallest absolute Gasteiger partial charge is 0.407 e. The molecule has 2 aromatic rings. The number of aliphatic hydroxyl groups excluding tert-OH is 1. The summed E-state index contributed by atoms with van der Waals surface area (Å²) in [5.74, 6) is -0.927.